The van der Waals surface area contributed by atoms with E-state index in [4.69, 9.17) is 4.74 Å². The Morgan fingerprint density at radius 3 is 2.52 bits per heavy atom. The van der Waals surface area contributed by atoms with E-state index in [1.165, 1.54) is 5.56 Å². The Labute approximate surface area is 150 Å². The Bertz CT molecular complexity index is 605. The Hall–Kier alpha value is -2.04. The molecule has 5 nitrogen and oxygen atoms in total. The van der Waals surface area contributed by atoms with E-state index >= 15 is 0 Å². The van der Waals surface area contributed by atoms with Crippen molar-refractivity contribution in [3.8, 4) is 5.75 Å². The van der Waals surface area contributed by atoms with Crippen molar-refractivity contribution in [1.82, 2.24) is 10.2 Å². The maximum absolute atomic E-state index is 12.1. The maximum atomic E-state index is 12.1. The normalized spacial score (nSPS) is 15.3. The molecule has 0 radical (unpaired) electrons. The molecule has 0 saturated carbocycles. The summed E-state index contributed by atoms with van der Waals surface area (Å²) in [5.74, 6) is 1.24. The quantitative estimate of drug-likeness (QED) is 0.862. The molecule has 1 heterocycles. The SMILES string of the molecule is Cc1ccc(OCC(=O)NC2CCN(C(=O)CC(C)C)CC2)c(C)c1. The van der Waals surface area contributed by atoms with Crippen LogP contribution in [-0.2, 0) is 9.59 Å². The molecule has 0 unspecified atom stereocenters. The highest BCUT2D eigenvalue weighted by atomic mass is 16.5. The first-order valence-corrected chi connectivity index (χ1v) is 9.12. The maximum Gasteiger partial charge on any atom is 0.258 e. The number of hydrogen-bond acceptors (Lipinski definition) is 3. The molecule has 1 saturated heterocycles. The van der Waals surface area contributed by atoms with E-state index in [0.29, 0.717) is 25.4 Å². The molecule has 1 aromatic carbocycles. The first-order valence-electron chi connectivity index (χ1n) is 9.12. The molecule has 25 heavy (non-hydrogen) atoms. The molecule has 0 atom stereocenters. The number of likely N-dealkylation sites (tertiary alicyclic amines) is 1. The summed E-state index contributed by atoms with van der Waals surface area (Å²) in [5, 5.41) is 3.02. The van der Waals surface area contributed by atoms with Crippen molar-refractivity contribution in [3.05, 3.63) is 29.3 Å². The number of carbonyl (C=O) groups is 2. The summed E-state index contributed by atoms with van der Waals surface area (Å²) in [6.07, 6.45) is 2.21. The molecule has 2 rings (SSSR count). The zero-order chi connectivity index (χ0) is 18.4. The van der Waals surface area contributed by atoms with Gasteiger partial charge in [-0.2, -0.15) is 0 Å². The molecule has 0 aliphatic carbocycles. The minimum absolute atomic E-state index is 0.0242. The molecule has 1 N–H and O–H groups in total. The first kappa shape index (κ1) is 19.3. The number of carbonyl (C=O) groups excluding carboxylic acids is 2. The van der Waals surface area contributed by atoms with Gasteiger partial charge < -0.3 is 15.0 Å². The highest BCUT2D eigenvalue weighted by molar-refractivity contribution is 5.78. The van der Waals surface area contributed by atoms with E-state index in [1.807, 2.05) is 36.9 Å². The summed E-state index contributed by atoms with van der Waals surface area (Å²) in [4.78, 5) is 26.1. The lowest BCUT2D eigenvalue weighted by molar-refractivity contribution is -0.133. The lowest BCUT2D eigenvalue weighted by atomic mass is 10.0. The van der Waals surface area contributed by atoms with E-state index in [9.17, 15) is 9.59 Å². The Morgan fingerprint density at radius 2 is 1.92 bits per heavy atom. The van der Waals surface area contributed by atoms with Gasteiger partial charge in [0.15, 0.2) is 6.61 Å². The smallest absolute Gasteiger partial charge is 0.258 e. The van der Waals surface area contributed by atoms with Gasteiger partial charge in [0.25, 0.3) is 5.91 Å². The van der Waals surface area contributed by atoms with Crippen LogP contribution in [0.5, 0.6) is 5.75 Å². The molecule has 0 bridgehead atoms. The molecule has 5 heteroatoms. The van der Waals surface area contributed by atoms with Crippen molar-refractivity contribution in [2.24, 2.45) is 5.92 Å². The predicted octanol–water partition coefficient (Wildman–Crippen LogP) is 2.84. The summed E-state index contributed by atoms with van der Waals surface area (Å²) in [7, 11) is 0. The minimum Gasteiger partial charge on any atom is -0.484 e. The average molecular weight is 346 g/mol. The number of hydrogen-bond donors (Lipinski definition) is 1. The van der Waals surface area contributed by atoms with Crippen molar-refractivity contribution in [2.75, 3.05) is 19.7 Å². The van der Waals surface area contributed by atoms with Crippen LogP contribution in [0.25, 0.3) is 0 Å². The molecule has 1 aliphatic heterocycles. The third-order valence-corrected chi connectivity index (χ3v) is 4.48. The van der Waals surface area contributed by atoms with Crippen molar-refractivity contribution >= 4 is 11.8 Å². The minimum atomic E-state index is -0.105. The molecule has 1 fully saturated rings. The van der Waals surface area contributed by atoms with Crippen LogP contribution < -0.4 is 10.1 Å². The van der Waals surface area contributed by atoms with E-state index in [2.05, 4.69) is 19.2 Å². The van der Waals surface area contributed by atoms with Gasteiger partial charge in [-0.15, -0.1) is 0 Å². The van der Waals surface area contributed by atoms with Gasteiger partial charge in [0, 0.05) is 25.6 Å². The topological polar surface area (TPSA) is 58.6 Å². The van der Waals surface area contributed by atoms with Crippen LogP contribution in [0.3, 0.4) is 0 Å². The first-order chi connectivity index (χ1) is 11.8. The second-order valence-corrected chi connectivity index (χ2v) is 7.38. The molecular formula is C20H30N2O3. The number of nitrogens with zero attached hydrogens (tertiary/aromatic N) is 1. The number of piperidine rings is 1. The molecule has 1 aromatic rings. The third kappa shape index (κ3) is 6.07. The Morgan fingerprint density at radius 1 is 1.24 bits per heavy atom. The third-order valence-electron chi connectivity index (χ3n) is 4.48. The van der Waals surface area contributed by atoms with E-state index in [0.717, 1.165) is 24.2 Å². The number of amides is 2. The van der Waals surface area contributed by atoms with E-state index in [1.54, 1.807) is 0 Å². The van der Waals surface area contributed by atoms with Gasteiger partial charge in [0.2, 0.25) is 5.91 Å². The van der Waals surface area contributed by atoms with Gasteiger partial charge in [-0.25, -0.2) is 0 Å². The van der Waals surface area contributed by atoms with Gasteiger partial charge >= 0.3 is 0 Å². The zero-order valence-electron chi connectivity index (χ0n) is 15.8. The van der Waals surface area contributed by atoms with Crippen molar-refractivity contribution in [2.45, 2.75) is 53.0 Å². The molecule has 2 amide bonds. The van der Waals surface area contributed by atoms with Crippen LogP contribution in [0.1, 0.15) is 44.2 Å². The number of aryl methyl sites for hydroxylation is 2. The van der Waals surface area contributed by atoms with E-state index < -0.39 is 0 Å². The van der Waals surface area contributed by atoms with Crippen LogP contribution in [0, 0.1) is 19.8 Å². The summed E-state index contributed by atoms with van der Waals surface area (Å²) >= 11 is 0. The second kappa shape index (κ2) is 8.88. The molecule has 0 spiro atoms. The van der Waals surface area contributed by atoms with Gasteiger partial charge in [-0.3, -0.25) is 9.59 Å². The van der Waals surface area contributed by atoms with Crippen molar-refractivity contribution in [3.63, 3.8) is 0 Å². The van der Waals surface area contributed by atoms with Crippen LogP contribution in [-0.4, -0.2) is 42.5 Å². The largest absolute Gasteiger partial charge is 0.484 e. The summed E-state index contributed by atoms with van der Waals surface area (Å²) in [6, 6.07) is 6.04. The van der Waals surface area contributed by atoms with Gasteiger partial charge in [0.05, 0.1) is 0 Å². The molecule has 1 aliphatic rings. The van der Waals surface area contributed by atoms with Gasteiger partial charge in [-0.1, -0.05) is 31.5 Å². The lowest BCUT2D eigenvalue weighted by Gasteiger charge is -2.32. The van der Waals surface area contributed by atoms with Crippen LogP contribution >= 0.6 is 0 Å². The predicted molar refractivity (Wildman–Crippen MR) is 98.6 cm³/mol. The number of nitrogens with one attached hydrogen (secondary N) is 1. The van der Waals surface area contributed by atoms with Crippen molar-refractivity contribution in [1.29, 1.82) is 0 Å². The summed E-state index contributed by atoms with van der Waals surface area (Å²) in [6.45, 7) is 9.58. The summed E-state index contributed by atoms with van der Waals surface area (Å²) in [5.41, 5.74) is 2.21. The van der Waals surface area contributed by atoms with Crippen LogP contribution in [0.2, 0.25) is 0 Å². The Kier molecular flexibility index (Phi) is 6.85. The Balaban J connectivity index is 1.72. The molecule has 138 valence electrons. The molecule has 0 aromatic heterocycles. The van der Waals surface area contributed by atoms with E-state index in [-0.39, 0.29) is 24.5 Å². The lowest BCUT2D eigenvalue weighted by Crippen LogP contribution is -2.47. The number of benzene rings is 1. The fourth-order valence-corrected chi connectivity index (χ4v) is 3.13. The van der Waals surface area contributed by atoms with Crippen molar-refractivity contribution < 1.29 is 14.3 Å². The monoisotopic (exact) mass is 346 g/mol. The zero-order valence-corrected chi connectivity index (χ0v) is 15.8. The second-order valence-electron chi connectivity index (χ2n) is 7.38. The average Bonchev–Trinajstić information content (AvgIpc) is 2.54. The van der Waals surface area contributed by atoms with Gasteiger partial charge in [-0.05, 0) is 44.2 Å². The highest BCUT2D eigenvalue weighted by Crippen LogP contribution is 2.18. The van der Waals surface area contributed by atoms with Crippen LogP contribution in [0.15, 0.2) is 18.2 Å². The number of rotatable bonds is 6. The fraction of sp³-hybridized carbons (Fsp3) is 0.600. The number of ether oxygens (including phenoxy) is 1. The fourth-order valence-electron chi connectivity index (χ4n) is 3.13. The summed E-state index contributed by atoms with van der Waals surface area (Å²) < 4.78 is 5.62. The highest BCUT2D eigenvalue weighted by Gasteiger charge is 2.24. The van der Waals surface area contributed by atoms with Gasteiger partial charge in [0.1, 0.15) is 5.75 Å². The molecular weight excluding hydrogens is 316 g/mol. The van der Waals surface area contributed by atoms with Crippen LogP contribution in [0.4, 0.5) is 0 Å². The standard InChI is InChI=1S/C20H30N2O3/c1-14(2)11-20(24)22-9-7-17(8-10-22)21-19(23)13-25-18-6-5-15(3)12-16(18)4/h5-6,12,14,17H,7-11,13H2,1-4H3,(H,21,23).